The number of aromatic nitrogens is 2. The third-order valence-electron chi connectivity index (χ3n) is 5.93. The van der Waals surface area contributed by atoms with Crippen LogP contribution in [-0.2, 0) is 32.1 Å². The van der Waals surface area contributed by atoms with E-state index in [-0.39, 0.29) is 14.5 Å². The average Bonchev–Trinajstić information content (AvgIpc) is 3.34. The van der Waals surface area contributed by atoms with E-state index >= 15 is 0 Å². The Labute approximate surface area is 194 Å². The minimum absolute atomic E-state index is 0.168. The zero-order valence-corrected chi connectivity index (χ0v) is 21.0. The van der Waals surface area contributed by atoms with Gasteiger partial charge in [-0.05, 0) is 62.9 Å². The van der Waals surface area contributed by atoms with Crippen LogP contribution < -0.4 is 0 Å². The van der Waals surface area contributed by atoms with Gasteiger partial charge in [0.25, 0.3) is 0 Å². The minimum Gasteiger partial charge on any atom is -0.385 e. The van der Waals surface area contributed by atoms with Gasteiger partial charge in [-0.1, -0.05) is 20.8 Å². The smallest absolute Gasteiger partial charge is 0.216 e. The van der Waals surface area contributed by atoms with Gasteiger partial charge in [-0.15, -0.1) is 11.3 Å². The topological polar surface area (TPSA) is 81.4 Å². The van der Waals surface area contributed by atoms with Crippen molar-refractivity contribution in [3.63, 3.8) is 0 Å². The molecule has 6 nitrogen and oxygen atoms in total. The van der Waals surface area contributed by atoms with Gasteiger partial charge >= 0.3 is 0 Å². The van der Waals surface area contributed by atoms with E-state index in [9.17, 15) is 13.5 Å². The minimum atomic E-state index is -3.69. The van der Waals surface area contributed by atoms with Crippen LogP contribution in [0, 0.1) is 5.92 Å². The Bertz CT molecular complexity index is 1220. The first-order valence-corrected chi connectivity index (χ1v) is 13.3. The van der Waals surface area contributed by atoms with Crippen LogP contribution in [-0.4, -0.2) is 36.3 Å². The molecule has 2 aromatic heterocycles. The molecule has 1 fully saturated rings. The molecule has 0 atom stereocenters. The maximum atomic E-state index is 13.3. The highest BCUT2D eigenvalue weighted by molar-refractivity contribution is 7.93. The number of rotatable bonds is 5. The number of imidazole rings is 1. The molecule has 0 unspecified atom stereocenters. The summed E-state index contributed by atoms with van der Waals surface area (Å²) in [7, 11) is -3.69. The van der Waals surface area contributed by atoms with Crippen LogP contribution in [0.5, 0.6) is 0 Å². The number of ether oxygens (including phenoxy) is 1. The van der Waals surface area contributed by atoms with E-state index in [4.69, 9.17) is 9.72 Å². The Morgan fingerprint density at radius 3 is 2.41 bits per heavy atom. The molecule has 1 aliphatic rings. The molecule has 1 saturated heterocycles. The molecule has 3 heterocycles. The summed E-state index contributed by atoms with van der Waals surface area (Å²) in [6.07, 6.45) is 2.05. The molecule has 1 aromatic carbocycles. The summed E-state index contributed by atoms with van der Waals surface area (Å²) < 4.78 is 34.6. The number of benzene rings is 1. The standard InChI is InChI=1S/C24H32N2O4S2/c1-23(2,3)22-25-18-14-17(32(28,29)21-9-8-20(31-21)24(4,5)27)6-7-19(18)26(22)15-16-10-12-30-13-11-16/h6-9,14,16,27H,10-13,15H2,1-5H3. The zero-order valence-electron chi connectivity index (χ0n) is 19.4. The molecule has 1 N–H and O–H groups in total. The van der Waals surface area contributed by atoms with E-state index in [1.807, 2.05) is 6.07 Å². The summed E-state index contributed by atoms with van der Waals surface area (Å²) in [5, 5.41) is 10.2. The van der Waals surface area contributed by atoms with Gasteiger partial charge in [-0.25, -0.2) is 13.4 Å². The Hall–Kier alpha value is -1.74. The van der Waals surface area contributed by atoms with Gasteiger partial charge in [0.05, 0.1) is 21.5 Å². The molecule has 174 valence electrons. The third kappa shape index (κ3) is 4.51. The molecular formula is C24H32N2O4S2. The summed E-state index contributed by atoms with van der Waals surface area (Å²) in [4.78, 5) is 5.74. The molecule has 0 saturated carbocycles. The van der Waals surface area contributed by atoms with Gasteiger partial charge in [0.15, 0.2) is 0 Å². The van der Waals surface area contributed by atoms with Crippen molar-refractivity contribution in [2.45, 2.75) is 74.1 Å². The SMILES string of the molecule is CC(C)(C)c1nc2cc(S(=O)(=O)c3ccc(C(C)(C)O)s3)ccc2n1CC1CCOCC1. The number of sulfone groups is 1. The van der Waals surface area contributed by atoms with Crippen LogP contribution in [0.1, 0.15) is 58.2 Å². The maximum absolute atomic E-state index is 13.3. The first-order valence-electron chi connectivity index (χ1n) is 11.0. The number of aliphatic hydroxyl groups is 1. The van der Waals surface area contributed by atoms with Crippen molar-refractivity contribution in [3.8, 4) is 0 Å². The number of thiophene rings is 1. The van der Waals surface area contributed by atoms with Crippen molar-refractivity contribution in [3.05, 3.63) is 41.0 Å². The van der Waals surface area contributed by atoms with Crippen molar-refractivity contribution in [1.29, 1.82) is 0 Å². The highest BCUT2D eigenvalue weighted by Crippen LogP contribution is 2.35. The lowest BCUT2D eigenvalue weighted by molar-refractivity contribution is 0.0611. The van der Waals surface area contributed by atoms with Crippen LogP contribution in [0.2, 0.25) is 0 Å². The zero-order chi connectivity index (χ0) is 23.3. The molecule has 4 rings (SSSR count). The van der Waals surface area contributed by atoms with E-state index in [0.717, 1.165) is 55.3 Å². The summed E-state index contributed by atoms with van der Waals surface area (Å²) >= 11 is 1.11. The van der Waals surface area contributed by atoms with Crippen LogP contribution in [0.3, 0.4) is 0 Å². The predicted octanol–water partition coefficient (Wildman–Crippen LogP) is 4.88. The molecule has 32 heavy (non-hydrogen) atoms. The van der Waals surface area contributed by atoms with E-state index in [2.05, 4.69) is 25.3 Å². The van der Waals surface area contributed by atoms with Gasteiger partial charge in [-0.2, -0.15) is 0 Å². The lowest BCUT2D eigenvalue weighted by Crippen LogP contribution is -2.25. The van der Waals surface area contributed by atoms with E-state index in [1.54, 1.807) is 38.1 Å². The molecule has 0 bridgehead atoms. The predicted molar refractivity (Wildman–Crippen MR) is 127 cm³/mol. The Morgan fingerprint density at radius 2 is 1.81 bits per heavy atom. The number of hydrogen-bond acceptors (Lipinski definition) is 6. The van der Waals surface area contributed by atoms with Gasteiger partial charge < -0.3 is 14.4 Å². The third-order valence-corrected chi connectivity index (χ3v) is 9.57. The van der Waals surface area contributed by atoms with Crippen molar-refractivity contribution in [1.82, 2.24) is 9.55 Å². The van der Waals surface area contributed by atoms with E-state index in [0.29, 0.717) is 16.3 Å². The summed E-state index contributed by atoms with van der Waals surface area (Å²) in [5.41, 5.74) is 0.414. The lowest BCUT2D eigenvalue weighted by Gasteiger charge is -2.26. The fraction of sp³-hybridized carbons (Fsp3) is 0.542. The van der Waals surface area contributed by atoms with Crippen molar-refractivity contribution in [2.75, 3.05) is 13.2 Å². The Kier molecular flexibility index (Phi) is 6.03. The fourth-order valence-corrected chi connectivity index (χ4v) is 6.86. The summed E-state index contributed by atoms with van der Waals surface area (Å²) in [5.74, 6) is 1.49. The molecule has 8 heteroatoms. The maximum Gasteiger partial charge on any atom is 0.216 e. The second kappa shape index (κ2) is 8.24. The van der Waals surface area contributed by atoms with Crippen LogP contribution in [0.25, 0.3) is 11.0 Å². The van der Waals surface area contributed by atoms with Crippen molar-refractivity contribution >= 4 is 32.2 Å². The first-order chi connectivity index (χ1) is 14.9. The lowest BCUT2D eigenvalue weighted by atomic mass is 9.94. The van der Waals surface area contributed by atoms with E-state index < -0.39 is 15.4 Å². The molecule has 3 aromatic rings. The average molecular weight is 477 g/mol. The second-order valence-electron chi connectivity index (χ2n) is 10.2. The molecular weight excluding hydrogens is 444 g/mol. The summed E-state index contributed by atoms with van der Waals surface area (Å²) in [6.45, 7) is 12.2. The number of nitrogens with zero attached hydrogens (tertiary/aromatic N) is 2. The molecule has 0 amide bonds. The van der Waals surface area contributed by atoms with Gasteiger partial charge in [0.2, 0.25) is 9.84 Å². The van der Waals surface area contributed by atoms with Crippen LogP contribution >= 0.6 is 11.3 Å². The Morgan fingerprint density at radius 1 is 1.12 bits per heavy atom. The van der Waals surface area contributed by atoms with Crippen molar-refractivity contribution < 1.29 is 18.3 Å². The van der Waals surface area contributed by atoms with Gasteiger partial charge in [-0.3, -0.25) is 0 Å². The van der Waals surface area contributed by atoms with Crippen LogP contribution in [0.4, 0.5) is 0 Å². The second-order valence-corrected chi connectivity index (χ2v) is 13.4. The quantitative estimate of drug-likeness (QED) is 0.567. The first kappa shape index (κ1) is 23.4. The molecule has 0 spiro atoms. The number of hydrogen-bond donors (Lipinski definition) is 1. The largest absolute Gasteiger partial charge is 0.385 e. The fourth-order valence-electron chi connectivity index (χ4n) is 4.13. The molecule has 0 aliphatic carbocycles. The van der Waals surface area contributed by atoms with E-state index in [1.165, 1.54) is 0 Å². The normalized spacial score (nSPS) is 16.7. The van der Waals surface area contributed by atoms with Crippen molar-refractivity contribution in [2.24, 2.45) is 5.92 Å². The highest BCUT2D eigenvalue weighted by Gasteiger charge is 2.28. The molecule has 0 radical (unpaired) electrons. The van der Waals surface area contributed by atoms with Gasteiger partial charge in [0.1, 0.15) is 10.0 Å². The van der Waals surface area contributed by atoms with Crippen LogP contribution in [0.15, 0.2) is 39.4 Å². The van der Waals surface area contributed by atoms with Gasteiger partial charge in [0, 0.05) is 30.1 Å². The Balaban J connectivity index is 1.76. The monoisotopic (exact) mass is 476 g/mol. The summed E-state index contributed by atoms with van der Waals surface area (Å²) in [6, 6.07) is 8.49. The number of fused-ring (bicyclic) bond motifs is 1. The molecule has 1 aliphatic heterocycles. The highest BCUT2D eigenvalue weighted by atomic mass is 32.2.